The molecule has 0 aliphatic heterocycles. The molecular formula is C15H25NO4. The van der Waals surface area contributed by atoms with E-state index in [1.54, 1.807) is 13.8 Å². The van der Waals surface area contributed by atoms with Gasteiger partial charge in [-0.2, -0.15) is 0 Å². The van der Waals surface area contributed by atoms with E-state index < -0.39 is 0 Å². The first-order valence-electron chi connectivity index (χ1n) is 7.38. The molecule has 1 aromatic heterocycles. The highest BCUT2D eigenvalue weighted by atomic mass is 16.7. The normalized spacial score (nSPS) is 16.7. The van der Waals surface area contributed by atoms with Crippen LogP contribution in [0.3, 0.4) is 0 Å². The first kappa shape index (κ1) is 15.2. The molecule has 5 nitrogen and oxygen atoms in total. The van der Waals surface area contributed by atoms with E-state index >= 15 is 0 Å². The molecule has 1 aliphatic carbocycles. The fraction of sp³-hybridized carbons (Fsp3) is 0.733. The Morgan fingerprint density at radius 3 is 2.25 bits per heavy atom. The molecule has 0 saturated heterocycles. The molecule has 0 bridgehead atoms. The van der Waals surface area contributed by atoms with Crippen molar-refractivity contribution in [3.05, 3.63) is 11.1 Å². The first-order valence-corrected chi connectivity index (χ1v) is 7.38. The molecule has 2 rings (SSSR count). The van der Waals surface area contributed by atoms with Gasteiger partial charge in [-0.05, 0) is 26.7 Å². The number of nitrogens with zero attached hydrogens (tertiary/aromatic N) is 1. The smallest absolute Gasteiger partial charge is 0.197 e. The maximum absolute atomic E-state index is 9.88. The third-order valence-electron chi connectivity index (χ3n) is 4.14. The van der Waals surface area contributed by atoms with Gasteiger partial charge in [0.05, 0.1) is 19.3 Å². The second-order valence-electron chi connectivity index (χ2n) is 5.50. The molecule has 114 valence electrons. The molecule has 0 unspecified atom stereocenters. The monoisotopic (exact) mass is 283 g/mol. The zero-order valence-electron chi connectivity index (χ0n) is 12.4. The van der Waals surface area contributed by atoms with Crippen molar-refractivity contribution in [2.75, 3.05) is 13.4 Å². The molecule has 2 N–H and O–H groups in total. The SMILES string of the molecule is Cc1c(C)c(O)n(CCOCOC2CCCCC2)c1O. The minimum atomic E-state index is 0.108. The van der Waals surface area contributed by atoms with Crippen molar-refractivity contribution in [2.45, 2.75) is 58.6 Å². The second kappa shape index (κ2) is 6.99. The van der Waals surface area contributed by atoms with Crippen LogP contribution >= 0.6 is 0 Å². The molecule has 0 aromatic carbocycles. The molecule has 1 saturated carbocycles. The van der Waals surface area contributed by atoms with E-state index in [-0.39, 0.29) is 18.6 Å². The Hall–Kier alpha value is -1.20. The Morgan fingerprint density at radius 1 is 1.05 bits per heavy atom. The van der Waals surface area contributed by atoms with Crippen LogP contribution in [0, 0.1) is 13.8 Å². The van der Waals surface area contributed by atoms with E-state index in [2.05, 4.69) is 0 Å². The fourth-order valence-electron chi connectivity index (χ4n) is 2.64. The van der Waals surface area contributed by atoms with E-state index in [4.69, 9.17) is 9.47 Å². The van der Waals surface area contributed by atoms with Crippen LogP contribution < -0.4 is 0 Å². The van der Waals surface area contributed by atoms with Gasteiger partial charge in [0, 0.05) is 11.1 Å². The van der Waals surface area contributed by atoms with Crippen LogP contribution in [0.4, 0.5) is 0 Å². The van der Waals surface area contributed by atoms with Crippen LogP contribution in [-0.4, -0.2) is 34.3 Å². The van der Waals surface area contributed by atoms with Crippen LogP contribution in [0.25, 0.3) is 0 Å². The summed E-state index contributed by atoms with van der Waals surface area (Å²) in [6, 6.07) is 0. The zero-order valence-corrected chi connectivity index (χ0v) is 12.4. The molecule has 5 heteroatoms. The largest absolute Gasteiger partial charge is 0.494 e. The lowest BCUT2D eigenvalue weighted by molar-refractivity contribution is -0.0998. The molecular weight excluding hydrogens is 258 g/mol. The number of hydrogen-bond acceptors (Lipinski definition) is 4. The summed E-state index contributed by atoms with van der Waals surface area (Å²) in [5, 5.41) is 19.8. The maximum Gasteiger partial charge on any atom is 0.197 e. The van der Waals surface area contributed by atoms with Gasteiger partial charge in [0.15, 0.2) is 11.8 Å². The molecule has 20 heavy (non-hydrogen) atoms. The third-order valence-corrected chi connectivity index (χ3v) is 4.14. The van der Waals surface area contributed by atoms with Gasteiger partial charge < -0.3 is 19.7 Å². The van der Waals surface area contributed by atoms with Gasteiger partial charge in [-0.25, -0.2) is 0 Å². The quantitative estimate of drug-likeness (QED) is 0.622. The summed E-state index contributed by atoms with van der Waals surface area (Å²) in [4.78, 5) is 0. The first-order chi connectivity index (χ1) is 9.61. The van der Waals surface area contributed by atoms with E-state index in [1.807, 2.05) is 0 Å². The predicted molar refractivity (Wildman–Crippen MR) is 76.0 cm³/mol. The van der Waals surface area contributed by atoms with Gasteiger partial charge in [0.1, 0.15) is 6.79 Å². The van der Waals surface area contributed by atoms with Gasteiger partial charge in [0.25, 0.3) is 0 Å². The average Bonchev–Trinajstić information content (AvgIpc) is 2.65. The van der Waals surface area contributed by atoms with Crippen LogP contribution in [-0.2, 0) is 16.0 Å². The number of aromatic nitrogens is 1. The van der Waals surface area contributed by atoms with Crippen molar-refractivity contribution in [1.82, 2.24) is 4.57 Å². The maximum atomic E-state index is 9.88. The predicted octanol–water partition coefficient (Wildman–Crippen LogP) is 2.84. The second-order valence-corrected chi connectivity index (χ2v) is 5.50. The molecule has 0 amide bonds. The van der Waals surface area contributed by atoms with Crippen molar-refractivity contribution in [3.63, 3.8) is 0 Å². The minimum Gasteiger partial charge on any atom is -0.494 e. The van der Waals surface area contributed by atoms with Gasteiger partial charge >= 0.3 is 0 Å². The van der Waals surface area contributed by atoms with E-state index in [0.29, 0.717) is 30.4 Å². The van der Waals surface area contributed by atoms with Crippen molar-refractivity contribution in [3.8, 4) is 11.8 Å². The van der Waals surface area contributed by atoms with Gasteiger partial charge in [-0.15, -0.1) is 0 Å². The lowest BCUT2D eigenvalue weighted by Crippen LogP contribution is -2.19. The van der Waals surface area contributed by atoms with Crippen LogP contribution in [0.5, 0.6) is 11.8 Å². The van der Waals surface area contributed by atoms with Crippen molar-refractivity contribution < 1.29 is 19.7 Å². The molecule has 0 radical (unpaired) electrons. The summed E-state index contributed by atoms with van der Waals surface area (Å²) in [5.41, 5.74) is 1.42. The molecule has 1 aliphatic rings. The zero-order chi connectivity index (χ0) is 14.5. The van der Waals surface area contributed by atoms with Crippen LogP contribution in [0.1, 0.15) is 43.2 Å². The summed E-state index contributed by atoms with van der Waals surface area (Å²) in [5.74, 6) is 0.216. The Kier molecular flexibility index (Phi) is 5.31. The Labute approximate surface area is 120 Å². The molecule has 0 atom stereocenters. The van der Waals surface area contributed by atoms with Crippen molar-refractivity contribution in [2.24, 2.45) is 0 Å². The summed E-state index contributed by atoms with van der Waals surface area (Å²) in [7, 11) is 0. The molecule has 1 heterocycles. The Balaban J connectivity index is 1.69. The van der Waals surface area contributed by atoms with Crippen LogP contribution in [0.15, 0.2) is 0 Å². The molecule has 1 aromatic rings. The lowest BCUT2D eigenvalue weighted by Gasteiger charge is -2.21. The van der Waals surface area contributed by atoms with Gasteiger partial charge in [-0.1, -0.05) is 19.3 Å². The minimum absolute atomic E-state index is 0.108. The van der Waals surface area contributed by atoms with Crippen molar-refractivity contribution in [1.29, 1.82) is 0 Å². The summed E-state index contributed by atoms with van der Waals surface area (Å²) in [6.45, 7) is 4.68. The van der Waals surface area contributed by atoms with E-state index in [0.717, 1.165) is 12.8 Å². The van der Waals surface area contributed by atoms with E-state index in [9.17, 15) is 10.2 Å². The van der Waals surface area contributed by atoms with Gasteiger partial charge in [-0.3, -0.25) is 4.57 Å². The number of ether oxygens (including phenoxy) is 2. The fourth-order valence-corrected chi connectivity index (χ4v) is 2.64. The van der Waals surface area contributed by atoms with Crippen LogP contribution in [0.2, 0.25) is 0 Å². The standard InChI is InChI=1S/C15H25NO4/c1-11-12(2)15(18)16(14(11)17)8-9-19-10-20-13-6-4-3-5-7-13/h13,17-18H,3-10H2,1-2H3. The summed E-state index contributed by atoms with van der Waals surface area (Å²) < 4.78 is 12.6. The molecule has 0 spiro atoms. The summed E-state index contributed by atoms with van der Waals surface area (Å²) >= 11 is 0. The molecule has 1 fully saturated rings. The Bertz CT molecular complexity index is 410. The highest BCUT2D eigenvalue weighted by Gasteiger charge is 2.16. The number of hydrogen-bond donors (Lipinski definition) is 2. The number of aromatic hydroxyl groups is 2. The number of rotatable bonds is 6. The van der Waals surface area contributed by atoms with Gasteiger partial charge in [0.2, 0.25) is 0 Å². The lowest BCUT2D eigenvalue weighted by atomic mass is 9.98. The van der Waals surface area contributed by atoms with Crippen molar-refractivity contribution >= 4 is 0 Å². The average molecular weight is 283 g/mol. The highest BCUT2D eigenvalue weighted by molar-refractivity contribution is 5.43. The topological polar surface area (TPSA) is 63.9 Å². The Morgan fingerprint density at radius 2 is 1.65 bits per heavy atom. The highest BCUT2D eigenvalue weighted by Crippen LogP contribution is 2.31. The van der Waals surface area contributed by atoms with E-state index in [1.165, 1.54) is 23.8 Å². The third kappa shape index (κ3) is 3.46. The summed E-state index contributed by atoms with van der Waals surface area (Å²) in [6.07, 6.45) is 6.39.